The molecule has 0 fully saturated rings. The minimum atomic E-state index is -0.867. The Bertz CT molecular complexity index is 3270. The van der Waals surface area contributed by atoms with Crippen molar-refractivity contribution in [2.75, 3.05) is 4.90 Å². The lowest BCUT2D eigenvalue weighted by Crippen LogP contribution is -2.33. The van der Waals surface area contributed by atoms with Crippen LogP contribution in [0.15, 0.2) is 158 Å². The first-order valence-corrected chi connectivity index (χ1v) is 18.6. The van der Waals surface area contributed by atoms with Crippen molar-refractivity contribution in [1.82, 2.24) is 14.5 Å². The van der Waals surface area contributed by atoms with Gasteiger partial charge in [-0.25, -0.2) is 0 Å². The van der Waals surface area contributed by atoms with Gasteiger partial charge in [-0.05, 0) is 83.9 Å². The number of nitrogens with zero attached hydrogens (tertiary/aromatic N) is 6. The minimum absolute atomic E-state index is 0.504. The summed E-state index contributed by atoms with van der Waals surface area (Å²) in [4.78, 5) is 12.1. The van der Waals surface area contributed by atoms with Crippen LogP contribution in [0.5, 0.6) is 23.0 Å². The van der Waals surface area contributed by atoms with Crippen LogP contribution in [0, 0.1) is 22.7 Å². The Morgan fingerprint density at radius 1 is 0.474 bits per heavy atom. The van der Waals surface area contributed by atoms with Crippen molar-refractivity contribution in [3.63, 3.8) is 0 Å². The van der Waals surface area contributed by atoms with Crippen LogP contribution in [0.3, 0.4) is 0 Å². The van der Waals surface area contributed by atoms with Crippen LogP contribution < -0.4 is 14.4 Å². The van der Waals surface area contributed by atoms with Gasteiger partial charge in [0.15, 0.2) is 23.0 Å². The predicted molar refractivity (Wildman–Crippen MR) is 218 cm³/mol. The highest BCUT2D eigenvalue weighted by molar-refractivity contribution is 6.10. The second-order valence-corrected chi connectivity index (χ2v) is 14.4. The number of hydrogen-bond donors (Lipinski definition) is 0. The van der Waals surface area contributed by atoms with Crippen LogP contribution in [-0.4, -0.2) is 14.5 Å². The van der Waals surface area contributed by atoms with Gasteiger partial charge < -0.3 is 14.0 Å². The molecule has 57 heavy (non-hydrogen) atoms. The van der Waals surface area contributed by atoms with Gasteiger partial charge in [-0.2, -0.15) is 10.5 Å². The topological polar surface area (TPSA) is 100.0 Å². The molecule has 0 radical (unpaired) electrons. The summed E-state index contributed by atoms with van der Waals surface area (Å²) in [5.74, 6) is 2.60. The molecule has 0 atom stereocenters. The smallest absolute Gasteiger partial charge is 0.156 e. The van der Waals surface area contributed by atoms with Crippen molar-refractivity contribution in [3.8, 4) is 52.2 Å². The average Bonchev–Trinajstić information content (AvgIpc) is 3.75. The molecule has 0 unspecified atom stereocenters. The summed E-state index contributed by atoms with van der Waals surface area (Å²) >= 11 is 0. The number of aromatic nitrogens is 3. The number of hydrogen-bond acceptors (Lipinski definition) is 7. The van der Waals surface area contributed by atoms with Crippen LogP contribution in [0.2, 0.25) is 0 Å². The lowest BCUT2D eigenvalue weighted by atomic mass is 9.66. The van der Waals surface area contributed by atoms with Crippen molar-refractivity contribution >= 4 is 38.9 Å². The molecule has 0 amide bonds. The van der Waals surface area contributed by atoms with Crippen molar-refractivity contribution < 1.29 is 9.47 Å². The Kier molecular flexibility index (Phi) is 6.24. The first-order chi connectivity index (χ1) is 28.2. The summed E-state index contributed by atoms with van der Waals surface area (Å²) in [6.45, 7) is 0. The third kappa shape index (κ3) is 4.03. The molecule has 12 rings (SSSR count). The average molecular weight is 731 g/mol. The zero-order valence-corrected chi connectivity index (χ0v) is 30.0. The number of pyridine rings is 2. The Labute approximate surface area is 326 Å². The molecule has 0 saturated heterocycles. The molecule has 5 heterocycles. The number of benzene rings is 6. The van der Waals surface area contributed by atoms with Crippen molar-refractivity contribution in [1.29, 1.82) is 10.5 Å². The van der Waals surface area contributed by atoms with Gasteiger partial charge in [-0.3, -0.25) is 14.9 Å². The molecule has 0 bridgehead atoms. The van der Waals surface area contributed by atoms with Crippen LogP contribution >= 0.6 is 0 Å². The molecule has 0 N–H and O–H groups in total. The Balaban J connectivity index is 1.22. The maximum absolute atomic E-state index is 9.89. The molecule has 3 aromatic heterocycles. The lowest BCUT2D eigenvalue weighted by molar-refractivity contribution is 0.434. The molecule has 8 heteroatoms. The summed E-state index contributed by atoms with van der Waals surface area (Å²) in [5, 5.41) is 21.8. The second-order valence-electron chi connectivity index (χ2n) is 14.4. The van der Waals surface area contributed by atoms with E-state index in [1.165, 1.54) is 0 Å². The number of para-hydroxylation sites is 5. The molecule has 1 spiro atoms. The molecule has 264 valence electrons. The largest absolute Gasteiger partial charge is 0.453 e. The summed E-state index contributed by atoms with van der Waals surface area (Å²) in [5.41, 5.74) is 11.1. The zero-order valence-electron chi connectivity index (χ0n) is 30.0. The van der Waals surface area contributed by atoms with Gasteiger partial charge in [0.1, 0.15) is 0 Å². The summed E-state index contributed by atoms with van der Waals surface area (Å²) in [6.07, 6.45) is 3.66. The SMILES string of the molecule is N#Cc1ccc2c(c1)Oc1ccccc1N2c1cccc2c1Oc1c(-n3c4ccccc4c4cc(C#N)ccc43)cccc1C21c2cccnc2-c2ncccc21. The van der Waals surface area contributed by atoms with Gasteiger partial charge in [-0.1, -0.05) is 66.7 Å². The molecule has 1 aliphatic carbocycles. The van der Waals surface area contributed by atoms with Crippen LogP contribution in [0.4, 0.5) is 17.1 Å². The van der Waals surface area contributed by atoms with Crippen molar-refractivity contribution in [3.05, 3.63) is 191 Å². The zero-order chi connectivity index (χ0) is 37.8. The number of ether oxygens (including phenoxy) is 2. The molecular weight excluding hydrogens is 705 g/mol. The lowest BCUT2D eigenvalue weighted by Gasteiger charge is -2.42. The van der Waals surface area contributed by atoms with Gasteiger partial charge in [-0.15, -0.1) is 0 Å². The third-order valence-electron chi connectivity index (χ3n) is 11.6. The van der Waals surface area contributed by atoms with Crippen LogP contribution in [0.1, 0.15) is 33.4 Å². The molecule has 6 aromatic carbocycles. The van der Waals surface area contributed by atoms with E-state index in [0.29, 0.717) is 34.1 Å². The number of rotatable bonds is 2. The second kappa shape index (κ2) is 11.4. The van der Waals surface area contributed by atoms with E-state index in [4.69, 9.17) is 19.4 Å². The van der Waals surface area contributed by atoms with E-state index < -0.39 is 5.41 Å². The van der Waals surface area contributed by atoms with E-state index in [1.807, 2.05) is 91.3 Å². The monoisotopic (exact) mass is 730 g/mol. The number of anilines is 3. The minimum Gasteiger partial charge on any atom is -0.453 e. The molecule has 3 aliphatic rings. The summed E-state index contributed by atoms with van der Waals surface area (Å²) in [6, 6.07) is 53.2. The van der Waals surface area contributed by atoms with Gasteiger partial charge in [0, 0.05) is 40.4 Å². The van der Waals surface area contributed by atoms with E-state index in [1.54, 1.807) is 6.07 Å². The Morgan fingerprint density at radius 2 is 1.07 bits per heavy atom. The number of nitriles is 2. The molecular formula is C49H26N6O2. The highest BCUT2D eigenvalue weighted by Gasteiger charge is 2.54. The van der Waals surface area contributed by atoms with E-state index in [-0.39, 0.29) is 0 Å². The van der Waals surface area contributed by atoms with Crippen molar-refractivity contribution in [2.24, 2.45) is 0 Å². The number of fused-ring (bicyclic) bond motifs is 14. The molecule has 8 nitrogen and oxygen atoms in total. The predicted octanol–water partition coefficient (Wildman–Crippen LogP) is 11.4. The quantitative estimate of drug-likeness (QED) is 0.174. The molecule has 0 saturated carbocycles. The Morgan fingerprint density at radius 3 is 1.84 bits per heavy atom. The van der Waals surface area contributed by atoms with Gasteiger partial charge in [0.25, 0.3) is 0 Å². The van der Waals surface area contributed by atoms with Gasteiger partial charge >= 0.3 is 0 Å². The van der Waals surface area contributed by atoms with Gasteiger partial charge in [0.05, 0.1) is 73.9 Å². The molecule has 2 aliphatic heterocycles. The highest BCUT2D eigenvalue weighted by atomic mass is 16.5. The van der Waals surface area contributed by atoms with Crippen molar-refractivity contribution in [2.45, 2.75) is 5.41 Å². The fourth-order valence-corrected chi connectivity index (χ4v) is 9.36. The fourth-order valence-electron chi connectivity index (χ4n) is 9.36. The van der Waals surface area contributed by atoms with E-state index in [0.717, 1.165) is 78.2 Å². The first kappa shape index (κ1) is 31.2. The molecule has 9 aromatic rings. The third-order valence-corrected chi connectivity index (χ3v) is 11.6. The van der Waals surface area contributed by atoms with Crippen LogP contribution in [-0.2, 0) is 5.41 Å². The summed E-state index contributed by atoms with van der Waals surface area (Å²) in [7, 11) is 0. The standard InChI is InChI=1S/C49H26N6O2/c50-27-29-19-21-38-32(25-29)31-9-1-2-14-37(31)54(38)41-16-5-10-35-47(41)57-48-36(49(35)33-12-7-23-52-45(33)46-34(49)13-8-24-53-46)11-6-17-42(48)55-39-15-3-4-18-43(39)56-44-26-30(28-51)20-22-40(44)55/h1-26H. The van der Waals surface area contributed by atoms with Crippen LogP contribution in [0.25, 0.3) is 38.9 Å². The normalized spacial score (nSPS) is 13.6. The van der Waals surface area contributed by atoms with E-state index in [9.17, 15) is 10.5 Å². The first-order valence-electron chi connectivity index (χ1n) is 18.6. The maximum Gasteiger partial charge on any atom is 0.156 e. The van der Waals surface area contributed by atoms with E-state index >= 15 is 0 Å². The summed E-state index contributed by atoms with van der Waals surface area (Å²) < 4.78 is 16.2. The Hall–Kier alpha value is -8.20. The highest BCUT2D eigenvalue weighted by Crippen LogP contribution is 2.65. The van der Waals surface area contributed by atoms with Gasteiger partial charge in [0.2, 0.25) is 0 Å². The van der Waals surface area contributed by atoms with E-state index in [2.05, 4.69) is 82.3 Å². The fraction of sp³-hybridized carbons (Fsp3) is 0.0204. The maximum atomic E-state index is 9.89.